The lowest BCUT2D eigenvalue weighted by molar-refractivity contribution is 0.620. The number of nitrogens with two attached hydrogens (primary N) is 1. The molecular formula is C13H16N6. The first-order valence-electron chi connectivity index (χ1n) is 6.20. The molecule has 98 valence electrons. The van der Waals surface area contributed by atoms with Gasteiger partial charge in [0.2, 0.25) is 0 Å². The van der Waals surface area contributed by atoms with Gasteiger partial charge in [-0.15, -0.1) is 0 Å². The zero-order chi connectivity index (χ0) is 13.6. The highest BCUT2D eigenvalue weighted by molar-refractivity contribution is 5.80. The fraction of sp³-hybridized carbons (Fsp3) is 0.308. The van der Waals surface area contributed by atoms with Gasteiger partial charge in [-0.1, -0.05) is 0 Å². The topological polar surface area (TPSA) is 74.5 Å². The summed E-state index contributed by atoms with van der Waals surface area (Å²) in [5.74, 6) is 1.42. The third-order valence-corrected chi connectivity index (χ3v) is 3.19. The van der Waals surface area contributed by atoms with Crippen molar-refractivity contribution in [3.05, 3.63) is 24.5 Å². The number of anilines is 1. The molecule has 0 bridgehead atoms. The molecule has 0 spiro atoms. The van der Waals surface area contributed by atoms with E-state index in [1.165, 1.54) is 0 Å². The number of imidazole rings is 1. The predicted molar refractivity (Wildman–Crippen MR) is 74.5 cm³/mol. The number of nitrogens with zero attached hydrogens (tertiary/aromatic N) is 5. The van der Waals surface area contributed by atoms with E-state index in [2.05, 4.69) is 33.5 Å². The molecule has 3 rings (SSSR count). The van der Waals surface area contributed by atoms with Gasteiger partial charge in [-0.05, 0) is 26.0 Å². The first-order valence-corrected chi connectivity index (χ1v) is 6.20. The molecule has 3 heterocycles. The summed E-state index contributed by atoms with van der Waals surface area (Å²) in [6.07, 6.45) is 3.52. The Balaban J connectivity index is 2.34. The predicted octanol–water partition coefficient (Wildman–Crippen LogP) is 1.99. The molecule has 0 aromatic carbocycles. The number of hydrogen-bond acceptors (Lipinski definition) is 4. The summed E-state index contributed by atoms with van der Waals surface area (Å²) in [5.41, 5.74) is 8.63. The standard InChI is InChI=1S/C13H16N6/c1-8(2)19-12(9-7-16-18(3)11(9)14)17-10-5-4-6-15-13(10)19/h4-8H,14H2,1-3H3. The Morgan fingerprint density at radius 3 is 2.74 bits per heavy atom. The molecule has 0 atom stereocenters. The summed E-state index contributed by atoms with van der Waals surface area (Å²) in [6, 6.07) is 4.09. The minimum Gasteiger partial charge on any atom is -0.383 e. The fourth-order valence-corrected chi connectivity index (χ4v) is 2.23. The van der Waals surface area contributed by atoms with E-state index in [0.717, 1.165) is 22.6 Å². The van der Waals surface area contributed by atoms with Crippen LogP contribution >= 0.6 is 0 Å². The van der Waals surface area contributed by atoms with Crippen molar-refractivity contribution in [2.75, 3.05) is 5.73 Å². The van der Waals surface area contributed by atoms with Crippen LogP contribution in [0, 0.1) is 0 Å². The second kappa shape index (κ2) is 4.08. The third-order valence-electron chi connectivity index (χ3n) is 3.19. The first-order chi connectivity index (χ1) is 9.09. The largest absolute Gasteiger partial charge is 0.383 e. The lowest BCUT2D eigenvalue weighted by atomic mass is 10.3. The van der Waals surface area contributed by atoms with E-state index in [4.69, 9.17) is 5.73 Å². The highest BCUT2D eigenvalue weighted by atomic mass is 15.3. The van der Waals surface area contributed by atoms with Crippen LogP contribution in [-0.4, -0.2) is 24.3 Å². The highest BCUT2D eigenvalue weighted by Gasteiger charge is 2.19. The van der Waals surface area contributed by atoms with Crippen LogP contribution in [-0.2, 0) is 7.05 Å². The maximum absolute atomic E-state index is 6.05. The lowest BCUT2D eigenvalue weighted by Crippen LogP contribution is -2.05. The number of aryl methyl sites for hydroxylation is 1. The second-order valence-corrected chi connectivity index (χ2v) is 4.81. The zero-order valence-corrected chi connectivity index (χ0v) is 11.2. The Bertz CT molecular complexity index is 737. The summed E-state index contributed by atoms with van der Waals surface area (Å²) >= 11 is 0. The monoisotopic (exact) mass is 256 g/mol. The van der Waals surface area contributed by atoms with Crippen molar-refractivity contribution in [1.29, 1.82) is 0 Å². The van der Waals surface area contributed by atoms with Crippen LogP contribution in [0.15, 0.2) is 24.5 Å². The van der Waals surface area contributed by atoms with Gasteiger partial charge in [0, 0.05) is 19.3 Å². The molecule has 0 aliphatic heterocycles. The van der Waals surface area contributed by atoms with Crippen LogP contribution in [0.3, 0.4) is 0 Å². The van der Waals surface area contributed by atoms with E-state index < -0.39 is 0 Å². The molecule has 6 heteroatoms. The van der Waals surface area contributed by atoms with Crippen LogP contribution in [0.2, 0.25) is 0 Å². The van der Waals surface area contributed by atoms with Crippen LogP contribution in [0.1, 0.15) is 19.9 Å². The van der Waals surface area contributed by atoms with Gasteiger partial charge in [0.25, 0.3) is 0 Å². The van der Waals surface area contributed by atoms with Crippen molar-refractivity contribution in [3.8, 4) is 11.4 Å². The van der Waals surface area contributed by atoms with Crippen molar-refractivity contribution in [2.24, 2.45) is 7.05 Å². The Hall–Kier alpha value is -2.37. The third kappa shape index (κ3) is 1.68. The maximum Gasteiger partial charge on any atom is 0.160 e. The normalized spacial score (nSPS) is 11.6. The quantitative estimate of drug-likeness (QED) is 0.761. The van der Waals surface area contributed by atoms with E-state index in [-0.39, 0.29) is 6.04 Å². The second-order valence-electron chi connectivity index (χ2n) is 4.81. The zero-order valence-electron chi connectivity index (χ0n) is 11.2. The average Bonchev–Trinajstić information content (AvgIpc) is 2.91. The Labute approximate surface area is 110 Å². The van der Waals surface area contributed by atoms with Crippen LogP contribution in [0.5, 0.6) is 0 Å². The molecule has 3 aromatic rings. The van der Waals surface area contributed by atoms with E-state index in [9.17, 15) is 0 Å². The van der Waals surface area contributed by atoms with E-state index in [0.29, 0.717) is 5.82 Å². The fourth-order valence-electron chi connectivity index (χ4n) is 2.23. The molecule has 0 saturated carbocycles. The number of fused-ring (bicyclic) bond motifs is 1. The molecular weight excluding hydrogens is 240 g/mol. The Kier molecular flexibility index (Phi) is 2.51. The molecule has 0 radical (unpaired) electrons. The van der Waals surface area contributed by atoms with Gasteiger partial charge < -0.3 is 10.3 Å². The molecule has 0 aliphatic carbocycles. The smallest absolute Gasteiger partial charge is 0.160 e. The number of nitrogen functional groups attached to an aromatic ring is 1. The van der Waals surface area contributed by atoms with E-state index >= 15 is 0 Å². The van der Waals surface area contributed by atoms with Gasteiger partial charge in [-0.2, -0.15) is 5.10 Å². The van der Waals surface area contributed by atoms with Crippen molar-refractivity contribution in [1.82, 2.24) is 24.3 Å². The molecule has 0 aliphatic rings. The van der Waals surface area contributed by atoms with Crippen LogP contribution in [0.25, 0.3) is 22.6 Å². The van der Waals surface area contributed by atoms with Gasteiger partial charge in [-0.3, -0.25) is 4.68 Å². The highest BCUT2D eigenvalue weighted by Crippen LogP contribution is 2.30. The average molecular weight is 256 g/mol. The molecule has 0 amide bonds. The molecule has 19 heavy (non-hydrogen) atoms. The number of rotatable bonds is 2. The van der Waals surface area contributed by atoms with Gasteiger partial charge >= 0.3 is 0 Å². The van der Waals surface area contributed by atoms with Gasteiger partial charge in [0.15, 0.2) is 5.65 Å². The van der Waals surface area contributed by atoms with E-state index in [1.807, 2.05) is 19.2 Å². The maximum atomic E-state index is 6.05. The molecule has 0 fully saturated rings. The minimum absolute atomic E-state index is 0.245. The Morgan fingerprint density at radius 1 is 1.32 bits per heavy atom. The summed E-state index contributed by atoms with van der Waals surface area (Å²) in [7, 11) is 1.82. The van der Waals surface area contributed by atoms with Gasteiger partial charge in [0.1, 0.15) is 17.2 Å². The van der Waals surface area contributed by atoms with Crippen molar-refractivity contribution >= 4 is 17.0 Å². The van der Waals surface area contributed by atoms with Crippen molar-refractivity contribution in [3.63, 3.8) is 0 Å². The van der Waals surface area contributed by atoms with Crippen LogP contribution in [0.4, 0.5) is 5.82 Å². The molecule has 3 aromatic heterocycles. The van der Waals surface area contributed by atoms with Gasteiger partial charge in [-0.25, -0.2) is 9.97 Å². The minimum atomic E-state index is 0.245. The summed E-state index contributed by atoms with van der Waals surface area (Å²) in [4.78, 5) is 9.06. The number of aromatic nitrogens is 5. The van der Waals surface area contributed by atoms with Crippen LogP contribution < -0.4 is 5.73 Å². The van der Waals surface area contributed by atoms with Gasteiger partial charge in [0.05, 0.1) is 11.8 Å². The molecule has 0 saturated heterocycles. The Morgan fingerprint density at radius 2 is 2.11 bits per heavy atom. The summed E-state index contributed by atoms with van der Waals surface area (Å²) < 4.78 is 3.73. The van der Waals surface area contributed by atoms with Crippen molar-refractivity contribution < 1.29 is 0 Å². The lowest BCUT2D eigenvalue weighted by Gasteiger charge is -2.11. The van der Waals surface area contributed by atoms with E-state index in [1.54, 1.807) is 17.1 Å². The molecule has 6 nitrogen and oxygen atoms in total. The summed E-state index contributed by atoms with van der Waals surface area (Å²) in [5, 5.41) is 4.18. The number of hydrogen-bond donors (Lipinski definition) is 1. The first kappa shape index (κ1) is 11.7. The molecule has 0 unspecified atom stereocenters. The molecule has 2 N–H and O–H groups in total. The van der Waals surface area contributed by atoms with Crippen molar-refractivity contribution in [2.45, 2.75) is 19.9 Å². The SMILES string of the molecule is CC(C)n1c(-c2cnn(C)c2N)nc2cccnc21. The summed E-state index contributed by atoms with van der Waals surface area (Å²) in [6.45, 7) is 4.21. The number of pyridine rings is 1.